The Morgan fingerprint density at radius 1 is 1.45 bits per heavy atom. The Morgan fingerprint density at radius 3 is 2.95 bits per heavy atom. The predicted molar refractivity (Wildman–Crippen MR) is 74.5 cm³/mol. The van der Waals surface area contributed by atoms with E-state index < -0.39 is 10.0 Å². The summed E-state index contributed by atoms with van der Waals surface area (Å²) in [5, 5.41) is 8.63. The molecule has 0 saturated carbocycles. The summed E-state index contributed by atoms with van der Waals surface area (Å²) in [5.74, 6) is 5.46. The first-order chi connectivity index (χ1) is 9.60. The van der Waals surface area contributed by atoms with E-state index in [4.69, 9.17) is 9.84 Å². The third-order valence-corrected chi connectivity index (χ3v) is 3.66. The van der Waals surface area contributed by atoms with Gasteiger partial charge < -0.3 is 9.84 Å². The molecule has 0 amide bonds. The highest BCUT2D eigenvalue weighted by Gasteiger charge is 2.13. The normalized spacial score (nSPS) is 10.9. The van der Waals surface area contributed by atoms with Gasteiger partial charge in [-0.3, -0.25) is 4.98 Å². The number of nitrogens with zero attached hydrogens (tertiary/aromatic N) is 1. The van der Waals surface area contributed by atoms with Gasteiger partial charge in [-0.15, -0.1) is 0 Å². The van der Waals surface area contributed by atoms with Crippen molar-refractivity contribution < 1.29 is 18.3 Å². The first-order valence-corrected chi connectivity index (χ1v) is 7.70. The molecule has 0 atom stereocenters. The molecule has 7 heteroatoms. The SMILES string of the molecule is CCOCCNS(=O)(=O)c1cncc(C#CCCO)c1. The summed E-state index contributed by atoms with van der Waals surface area (Å²) in [7, 11) is -3.60. The van der Waals surface area contributed by atoms with Crippen LogP contribution in [-0.4, -0.2) is 44.9 Å². The van der Waals surface area contributed by atoms with Crippen molar-refractivity contribution >= 4 is 10.0 Å². The Morgan fingerprint density at radius 2 is 2.25 bits per heavy atom. The number of aliphatic hydroxyl groups excluding tert-OH is 1. The van der Waals surface area contributed by atoms with Crippen LogP contribution < -0.4 is 4.72 Å². The Kier molecular flexibility index (Phi) is 7.18. The molecule has 0 bridgehead atoms. The van der Waals surface area contributed by atoms with Crippen molar-refractivity contribution in [3.63, 3.8) is 0 Å². The van der Waals surface area contributed by atoms with Gasteiger partial charge in [-0.05, 0) is 13.0 Å². The number of nitrogens with one attached hydrogen (secondary N) is 1. The number of hydrogen-bond acceptors (Lipinski definition) is 5. The molecule has 0 fully saturated rings. The van der Waals surface area contributed by atoms with Crippen LogP contribution in [0, 0.1) is 11.8 Å². The van der Waals surface area contributed by atoms with Crippen molar-refractivity contribution in [1.82, 2.24) is 9.71 Å². The molecular weight excluding hydrogens is 280 g/mol. The Bertz CT molecular complexity index is 576. The van der Waals surface area contributed by atoms with E-state index in [-0.39, 0.29) is 18.0 Å². The van der Waals surface area contributed by atoms with Crippen LogP contribution in [0.1, 0.15) is 18.9 Å². The van der Waals surface area contributed by atoms with E-state index in [9.17, 15) is 8.42 Å². The van der Waals surface area contributed by atoms with E-state index >= 15 is 0 Å². The Hall–Kier alpha value is -1.46. The zero-order valence-electron chi connectivity index (χ0n) is 11.3. The van der Waals surface area contributed by atoms with Gasteiger partial charge in [0, 0.05) is 37.5 Å². The molecule has 0 aliphatic carbocycles. The molecule has 1 heterocycles. The molecule has 0 spiro atoms. The van der Waals surface area contributed by atoms with Gasteiger partial charge in [0.05, 0.1) is 13.2 Å². The van der Waals surface area contributed by atoms with Gasteiger partial charge in [-0.25, -0.2) is 13.1 Å². The van der Waals surface area contributed by atoms with E-state index in [1.807, 2.05) is 6.92 Å². The minimum absolute atomic E-state index is 0.0304. The lowest BCUT2D eigenvalue weighted by molar-refractivity contribution is 0.153. The fraction of sp³-hybridized carbons (Fsp3) is 0.462. The highest BCUT2D eigenvalue weighted by atomic mass is 32.2. The monoisotopic (exact) mass is 298 g/mol. The summed E-state index contributed by atoms with van der Waals surface area (Å²) >= 11 is 0. The standard InChI is InChI=1S/C13H18N2O4S/c1-2-19-8-6-15-20(17,18)13-9-12(10-14-11-13)5-3-4-7-16/h9-11,15-16H,2,4,6-8H2,1H3. The molecular formula is C13H18N2O4S. The van der Waals surface area contributed by atoms with Gasteiger partial charge in [0.1, 0.15) is 4.90 Å². The smallest absolute Gasteiger partial charge is 0.242 e. The zero-order valence-corrected chi connectivity index (χ0v) is 12.1. The van der Waals surface area contributed by atoms with Crippen LogP contribution in [0.2, 0.25) is 0 Å². The van der Waals surface area contributed by atoms with Crippen LogP contribution in [0.4, 0.5) is 0 Å². The summed E-state index contributed by atoms with van der Waals surface area (Å²) in [6, 6.07) is 1.44. The molecule has 0 saturated heterocycles. The lowest BCUT2D eigenvalue weighted by Gasteiger charge is -2.06. The molecule has 110 valence electrons. The average Bonchev–Trinajstić information content (AvgIpc) is 2.44. The Labute approximate surface area is 119 Å². The maximum atomic E-state index is 12.0. The molecule has 6 nitrogen and oxygen atoms in total. The Balaban J connectivity index is 2.75. The molecule has 0 unspecified atom stereocenters. The second-order valence-electron chi connectivity index (χ2n) is 3.78. The van der Waals surface area contributed by atoms with Crippen molar-refractivity contribution in [2.45, 2.75) is 18.2 Å². The first kappa shape index (κ1) is 16.6. The number of ether oxygens (including phenoxy) is 1. The van der Waals surface area contributed by atoms with Gasteiger partial charge in [0.25, 0.3) is 0 Å². The molecule has 2 N–H and O–H groups in total. The van der Waals surface area contributed by atoms with Crippen molar-refractivity contribution in [1.29, 1.82) is 0 Å². The maximum Gasteiger partial charge on any atom is 0.242 e. The highest BCUT2D eigenvalue weighted by Crippen LogP contribution is 2.08. The quantitative estimate of drug-likeness (QED) is 0.552. The minimum atomic E-state index is -3.60. The molecule has 0 aromatic carbocycles. The molecule has 0 aliphatic heterocycles. The van der Waals surface area contributed by atoms with Crippen molar-refractivity contribution in [3.8, 4) is 11.8 Å². The minimum Gasteiger partial charge on any atom is -0.395 e. The summed E-state index contributed by atoms with van der Waals surface area (Å²) < 4.78 is 31.5. The largest absolute Gasteiger partial charge is 0.395 e. The third kappa shape index (κ3) is 5.67. The number of aliphatic hydroxyl groups is 1. The lowest BCUT2D eigenvalue weighted by atomic mass is 10.3. The van der Waals surface area contributed by atoms with Crippen LogP contribution in [0.25, 0.3) is 0 Å². The van der Waals surface area contributed by atoms with Gasteiger partial charge in [-0.1, -0.05) is 11.8 Å². The predicted octanol–water partition coefficient (Wildman–Crippen LogP) is 0.130. The van der Waals surface area contributed by atoms with Crippen LogP contribution in [0.3, 0.4) is 0 Å². The molecule has 1 aromatic heterocycles. The third-order valence-electron chi connectivity index (χ3n) is 2.24. The second kappa shape index (κ2) is 8.66. The van der Waals surface area contributed by atoms with Gasteiger partial charge in [0.15, 0.2) is 0 Å². The van der Waals surface area contributed by atoms with Crippen molar-refractivity contribution in [2.24, 2.45) is 0 Å². The van der Waals surface area contributed by atoms with Gasteiger partial charge in [-0.2, -0.15) is 0 Å². The van der Waals surface area contributed by atoms with E-state index in [1.165, 1.54) is 18.5 Å². The average molecular weight is 298 g/mol. The van der Waals surface area contributed by atoms with E-state index in [0.717, 1.165) is 0 Å². The highest BCUT2D eigenvalue weighted by molar-refractivity contribution is 7.89. The molecule has 0 aliphatic rings. The molecule has 20 heavy (non-hydrogen) atoms. The van der Waals surface area contributed by atoms with Crippen LogP contribution in [0.15, 0.2) is 23.4 Å². The fourth-order valence-electron chi connectivity index (χ4n) is 1.33. The number of hydrogen-bond donors (Lipinski definition) is 2. The zero-order chi connectivity index (χ0) is 14.8. The van der Waals surface area contributed by atoms with Gasteiger partial charge >= 0.3 is 0 Å². The van der Waals surface area contributed by atoms with Crippen LogP contribution in [-0.2, 0) is 14.8 Å². The number of rotatable bonds is 7. The van der Waals surface area contributed by atoms with E-state index in [0.29, 0.717) is 25.2 Å². The van der Waals surface area contributed by atoms with Crippen molar-refractivity contribution in [3.05, 3.63) is 24.0 Å². The molecule has 1 aromatic rings. The molecule has 1 rings (SSSR count). The van der Waals surface area contributed by atoms with Crippen LogP contribution in [0.5, 0.6) is 0 Å². The number of pyridine rings is 1. The topological polar surface area (TPSA) is 88.5 Å². The lowest BCUT2D eigenvalue weighted by Crippen LogP contribution is -2.27. The number of aromatic nitrogens is 1. The summed E-state index contributed by atoms with van der Waals surface area (Å²) in [5.41, 5.74) is 0.492. The van der Waals surface area contributed by atoms with Crippen molar-refractivity contribution in [2.75, 3.05) is 26.4 Å². The maximum absolute atomic E-state index is 12.0. The molecule has 0 radical (unpaired) electrons. The van der Waals surface area contributed by atoms with E-state index in [2.05, 4.69) is 21.5 Å². The number of sulfonamides is 1. The fourth-order valence-corrected chi connectivity index (χ4v) is 2.33. The van der Waals surface area contributed by atoms with Gasteiger partial charge in [0.2, 0.25) is 10.0 Å². The second-order valence-corrected chi connectivity index (χ2v) is 5.55. The van der Waals surface area contributed by atoms with Crippen LogP contribution >= 0.6 is 0 Å². The summed E-state index contributed by atoms with van der Waals surface area (Å²) in [6.07, 6.45) is 3.08. The first-order valence-electron chi connectivity index (χ1n) is 6.22. The summed E-state index contributed by atoms with van der Waals surface area (Å²) in [4.78, 5) is 3.92. The summed E-state index contributed by atoms with van der Waals surface area (Å²) in [6.45, 7) is 2.87. The van der Waals surface area contributed by atoms with E-state index in [1.54, 1.807) is 0 Å².